The number of aromatic nitrogens is 3. The second kappa shape index (κ2) is 5.71. The van der Waals surface area contributed by atoms with Gasteiger partial charge in [-0.1, -0.05) is 11.6 Å². The third kappa shape index (κ3) is 3.13. The summed E-state index contributed by atoms with van der Waals surface area (Å²) in [6, 6.07) is -0.0133. The number of nitrogens with one attached hydrogen (secondary N) is 1. The van der Waals surface area contributed by atoms with Crippen molar-refractivity contribution in [3.63, 3.8) is 0 Å². The number of nitrogens with zero attached hydrogens (tertiary/aromatic N) is 3. The van der Waals surface area contributed by atoms with Gasteiger partial charge in [0.15, 0.2) is 0 Å². The summed E-state index contributed by atoms with van der Waals surface area (Å²) in [6.45, 7) is 6.25. The van der Waals surface area contributed by atoms with Crippen LogP contribution >= 0.6 is 22.9 Å². The molecular formula is C12H15ClN4OS. The Morgan fingerprint density at radius 1 is 1.53 bits per heavy atom. The van der Waals surface area contributed by atoms with Gasteiger partial charge < -0.3 is 5.32 Å². The maximum Gasteiger partial charge on any atom is 0.287 e. The molecule has 2 aromatic rings. The molecule has 2 rings (SSSR count). The van der Waals surface area contributed by atoms with Crippen LogP contribution in [-0.2, 0) is 6.54 Å². The first kappa shape index (κ1) is 14.0. The Kier molecular flexibility index (Phi) is 4.21. The maximum absolute atomic E-state index is 12.0. The van der Waals surface area contributed by atoms with Crippen LogP contribution in [0.1, 0.15) is 30.6 Å². The summed E-state index contributed by atoms with van der Waals surface area (Å²) >= 11 is 7.63. The normalized spacial score (nSPS) is 11.0. The molecule has 7 heteroatoms. The van der Waals surface area contributed by atoms with Crippen LogP contribution in [0.4, 0.5) is 5.69 Å². The first-order chi connectivity index (χ1) is 8.99. The molecule has 0 spiro atoms. The Morgan fingerprint density at radius 3 is 2.84 bits per heavy atom. The van der Waals surface area contributed by atoms with Crippen LogP contribution in [-0.4, -0.2) is 14.8 Å². The Hall–Kier alpha value is -1.40. The summed E-state index contributed by atoms with van der Waals surface area (Å²) < 4.78 is 1.36. The first-order valence-corrected chi connectivity index (χ1v) is 7.17. The van der Waals surface area contributed by atoms with E-state index < -0.39 is 0 Å². The van der Waals surface area contributed by atoms with E-state index in [2.05, 4.69) is 15.4 Å². The highest BCUT2D eigenvalue weighted by Gasteiger charge is 2.11. The van der Waals surface area contributed by atoms with Gasteiger partial charge in [0.25, 0.3) is 5.56 Å². The van der Waals surface area contributed by atoms with E-state index in [4.69, 9.17) is 11.6 Å². The summed E-state index contributed by atoms with van der Waals surface area (Å²) in [5.74, 6) is 0. The minimum atomic E-state index is -0.281. The lowest BCUT2D eigenvalue weighted by molar-refractivity contribution is 0.503. The van der Waals surface area contributed by atoms with Gasteiger partial charge in [-0.3, -0.25) is 4.79 Å². The molecule has 0 saturated carbocycles. The Morgan fingerprint density at radius 2 is 2.26 bits per heavy atom. The maximum atomic E-state index is 12.0. The molecule has 2 aromatic heterocycles. The smallest absolute Gasteiger partial charge is 0.287 e. The first-order valence-electron chi connectivity index (χ1n) is 5.91. The van der Waals surface area contributed by atoms with Gasteiger partial charge in [0, 0.05) is 11.1 Å². The Balaban J connectivity index is 2.18. The highest BCUT2D eigenvalue weighted by atomic mass is 35.5. The Labute approximate surface area is 120 Å². The van der Waals surface area contributed by atoms with Crippen molar-refractivity contribution in [1.29, 1.82) is 0 Å². The van der Waals surface area contributed by atoms with Gasteiger partial charge in [-0.25, -0.2) is 9.67 Å². The molecule has 2 heterocycles. The molecule has 0 atom stereocenters. The molecule has 0 unspecified atom stereocenters. The van der Waals surface area contributed by atoms with Gasteiger partial charge in [-0.05, 0) is 20.8 Å². The lowest BCUT2D eigenvalue weighted by Crippen LogP contribution is -2.25. The minimum absolute atomic E-state index is 0.0133. The number of rotatable bonds is 4. The van der Waals surface area contributed by atoms with Crippen LogP contribution in [0, 0.1) is 6.92 Å². The van der Waals surface area contributed by atoms with Crippen LogP contribution in [0.15, 0.2) is 16.4 Å². The number of hydrogen-bond acceptors (Lipinski definition) is 5. The van der Waals surface area contributed by atoms with Crippen molar-refractivity contribution in [3.8, 4) is 0 Å². The fourth-order valence-electron chi connectivity index (χ4n) is 1.59. The molecule has 0 aliphatic rings. The Bertz CT molecular complexity index is 635. The largest absolute Gasteiger partial charge is 0.376 e. The number of anilines is 1. The van der Waals surface area contributed by atoms with Gasteiger partial charge in [-0.2, -0.15) is 5.10 Å². The monoisotopic (exact) mass is 298 g/mol. The predicted octanol–water partition coefficient (Wildman–Crippen LogP) is 2.85. The van der Waals surface area contributed by atoms with Gasteiger partial charge in [0.1, 0.15) is 10.0 Å². The number of hydrogen-bond donors (Lipinski definition) is 1. The lowest BCUT2D eigenvalue weighted by Gasteiger charge is -2.11. The van der Waals surface area contributed by atoms with Gasteiger partial charge in [-0.15, -0.1) is 11.3 Å². The van der Waals surface area contributed by atoms with Crippen molar-refractivity contribution in [2.75, 3.05) is 5.32 Å². The van der Waals surface area contributed by atoms with Crippen molar-refractivity contribution in [2.45, 2.75) is 33.4 Å². The van der Waals surface area contributed by atoms with E-state index in [9.17, 15) is 4.79 Å². The summed E-state index contributed by atoms with van der Waals surface area (Å²) in [5, 5.41) is 10.3. The molecule has 0 saturated heterocycles. The molecule has 1 N–H and O–H groups in total. The van der Waals surface area contributed by atoms with Crippen LogP contribution in [0.3, 0.4) is 0 Å². The van der Waals surface area contributed by atoms with E-state index >= 15 is 0 Å². The topological polar surface area (TPSA) is 59.8 Å². The van der Waals surface area contributed by atoms with Crippen molar-refractivity contribution < 1.29 is 0 Å². The van der Waals surface area contributed by atoms with E-state index in [-0.39, 0.29) is 16.6 Å². The highest BCUT2D eigenvalue weighted by Crippen LogP contribution is 2.18. The van der Waals surface area contributed by atoms with E-state index in [1.54, 1.807) is 17.5 Å². The molecule has 0 radical (unpaired) electrons. The van der Waals surface area contributed by atoms with E-state index in [1.165, 1.54) is 4.68 Å². The zero-order valence-corrected chi connectivity index (χ0v) is 12.5. The molecule has 0 bridgehead atoms. The fraction of sp³-hybridized carbons (Fsp3) is 0.417. The average Bonchev–Trinajstić information content (AvgIpc) is 2.76. The zero-order valence-electron chi connectivity index (χ0n) is 11.0. The van der Waals surface area contributed by atoms with Gasteiger partial charge >= 0.3 is 0 Å². The number of thiazole rings is 1. The second-order valence-corrected chi connectivity index (χ2v) is 5.77. The molecule has 0 aliphatic carbocycles. The number of aryl methyl sites for hydroxylation is 1. The molecule has 0 fully saturated rings. The lowest BCUT2D eigenvalue weighted by atomic mass is 10.4. The van der Waals surface area contributed by atoms with Crippen molar-refractivity contribution in [2.24, 2.45) is 0 Å². The van der Waals surface area contributed by atoms with Crippen molar-refractivity contribution in [1.82, 2.24) is 14.8 Å². The predicted molar refractivity (Wildman–Crippen MR) is 78.1 cm³/mol. The van der Waals surface area contributed by atoms with Gasteiger partial charge in [0.2, 0.25) is 0 Å². The summed E-state index contributed by atoms with van der Waals surface area (Å²) in [6.07, 6.45) is 1.57. The fourth-order valence-corrected chi connectivity index (χ4v) is 2.50. The van der Waals surface area contributed by atoms with Crippen LogP contribution in [0.2, 0.25) is 5.02 Å². The zero-order chi connectivity index (χ0) is 14.0. The molecule has 5 nitrogen and oxygen atoms in total. The quantitative estimate of drug-likeness (QED) is 0.943. The molecular weight excluding hydrogens is 284 g/mol. The SMILES string of the molecule is Cc1csc(CNc2cnn(C(C)C)c(=O)c2Cl)n1. The van der Waals surface area contributed by atoms with E-state index in [0.717, 1.165) is 10.7 Å². The summed E-state index contributed by atoms with van der Waals surface area (Å²) in [5.41, 5.74) is 1.25. The standard InChI is InChI=1S/C12H15ClN4OS/c1-7(2)17-12(18)11(13)9(4-15-17)14-5-10-16-8(3)6-19-10/h4,6-7,14H,5H2,1-3H3. The third-order valence-electron chi connectivity index (χ3n) is 2.53. The minimum Gasteiger partial charge on any atom is -0.376 e. The van der Waals surface area contributed by atoms with Crippen LogP contribution in [0.25, 0.3) is 0 Å². The average molecular weight is 299 g/mol. The number of halogens is 1. The molecule has 0 aromatic carbocycles. The second-order valence-electron chi connectivity index (χ2n) is 4.45. The molecule has 0 aliphatic heterocycles. The van der Waals surface area contributed by atoms with Gasteiger partial charge in [0.05, 0.1) is 24.5 Å². The van der Waals surface area contributed by atoms with Crippen molar-refractivity contribution in [3.05, 3.63) is 37.7 Å². The van der Waals surface area contributed by atoms with E-state index in [0.29, 0.717) is 12.2 Å². The summed E-state index contributed by atoms with van der Waals surface area (Å²) in [4.78, 5) is 16.3. The molecule has 19 heavy (non-hydrogen) atoms. The van der Waals surface area contributed by atoms with E-state index in [1.807, 2.05) is 26.2 Å². The van der Waals surface area contributed by atoms with Crippen molar-refractivity contribution >= 4 is 28.6 Å². The molecule has 0 amide bonds. The van der Waals surface area contributed by atoms with Crippen LogP contribution < -0.4 is 10.9 Å². The molecule has 102 valence electrons. The third-order valence-corrected chi connectivity index (χ3v) is 3.86. The highest BCUT2D eigenvalue weighted by molar-refractivity contribution is 7.09. The summed E-state index contributed by atoms with van der Waals surface area (Å²) in [7, 11) is 0. The van der Waals surface area contributed by atoms with Crippen LogP contribution in [0.5, 0.6) is 0 Å².